The molecule has 0 aliphatic rings. The van der Waals surface area contributed by atoms with E-state index in [1.807, 2.05) is 37.1 Å². The molecule has 0 radical (unpaired) electrons. The van der Waals surface area contributed by atoms with E-state index in [1.54, 1.807) is 24.3 Å². The Hall–Kier alpha value is -1.84. The summed E-state index contributed by atoms with van der Waals surface area (Å²) in [6.07, 6.45) is 0. The molecule has 0 spiro atoms. The van der Waals surface area contributed by atoms with E-state index >= 15 is 0 Å². The summed E-state index contributed by atoms with van der Waals surface area (Å²) in [5, 5.41) is 3.55. The molecule has 2 aromatic carbocycles. The van der Waals surface area contributed by atoms with Crippen molar-refractivity contribution in [3.8, 4) is 0 Å². The third-order valence-corrected chi connectivity index (χ3v) is 3.68. The van der Waals surface area contributed by atoms with Gasteiger partial charge in [0.1, 0.15) is 0 Å². The van der Waals surface area contributed by atoms with Gasteiger partial charge >= 0.3 is 0 Å². The Kier molecular flexibility index (Phi) is 5.37. The van der Waals surface area contributed by atoms with Gasteiger partial charge in [-0.1, -0.05) is 41.9 Å². The van der Waals surface area contributed by atoms with Crippen molar-refractivity contribution in [2.24, 2.45) is 0 Å². The van der Waals surface area contributed by atoms with E-state index in [2.05, 4.69) is 17.4 Å². The Morgan fingerprint density at radius 3 is 2.38 bits per heavy atom. The standard InChI is InChI=1S/C17H19ClN2O/c1-13(20(2)12-14-6-4-3-5-7-14)17(21)19-16-10-8-15(18)9-11-16/h3-11,13H,12H2,1-2H3,(H,19,21)/t13-/m1/s1. The molecule has 2 aromatic rings. The normalized spacial score (nSPS) is 12.2. The molecule has 0 aliphatic carbocycles. The van der Waals surface area contributed by atoms with Crippen LogP contribution in [0.25, 0.3) is 0 Å². The number of likely N-dealkylation sites (N-methyl/N-ethyl adjacent to an activating group) is 1. The number of amides is 1. The molecule has 0 aromatic heterocycles. The summed E-state index contributed by atoms with van der Waals surface area (Å²) in [4.78, 5) is 14.3. The average Bonchev–Trinajstić information content (AvgIpc) is 2.49. The number of hydrogen-bond donors (Lipinski definition) is 1. The van der Waals surface area contributed by atoms with Crippen molar-refractivity contribution in [2.45, 2.75) is 19.5 Å². The van der Waals surface area contributed by atoms with E-state index < -0.39 is 0 Å². The SMILES string of the molecule is C[C@H](C(=O)Nc1ccc(Cl)cc1)N(C)Cc1ccccc1. The molecule has 0 heterocycles. The van der Waals surface area contributed by atoms with Crippen molar-refractivity contribution in [3.05, 3.63) is 65.2 Å². The first kappa shape index (κ1) is 15.5. The van der Waals surface area contributed by atoms with E-state index in [4.69, 9.17) is 11.6 Å². The molecule has 0 fully saturated rings. The lowest BCUT2D eigenvalue weighted by Crippen LogP contribution is -2.39. The molecule has 4 heteroatoms. The van der Waals surface area contributed by atoms with Crippen LogP contribution in [0, 0.1) is 0 Å². The Labute approximate surface area is 130 Å². The molecule has 1 atom stereocenters. The minimum absolute atomic E-state index is 0.0317. The van der Waals surface area contributed by atoms with Crippen molar-refractivity contribution in [1.82, 2.24) is 4.90 Å². The first-order valence-electron chi connectivity index (χ1n) is 6.87. The van der Waals surface area contributed by atoms with Crippen molar-refractivity contribution in [3.63, 3.8) is 0 Å². The van der Waals surface area contributed by atoms with Crippen molar-refractivity contribution in [2.75, 3.05) is 12.4 Å². The molecule has 21 heavy (non-hydrogen) atoms. The molecule has 0 unspecified atom stereocenters. The minimum atomic E-state index is -0.221. The summed E-state index contributed by atoms with van der Waals surface area (Å²) in [6.45, 7) is 2.63. The lowest BCUT2D eigenvalue weighted by Gasteiger charge is -2.24. The molecule has 0 saturated heterocycles. The zero-order valence-electron chi connectivity index (χ0n) is 12.2. The van der Waals surface area contributed by atoms with Gasteiger partial charge in [0.15, 0.2) is 0 Å². The maximum atomic E-state index is 12.2. The van der Waals surface area contributed by atoms with Gasteiger partial charge in [0.2, 0.25) is 5.91 Å². The van der Waals surface area contributed by atoms with Crippen LogP contribution >= 0.6 is 11.6 Å². The highest BCUT2D eigenvalue weighted by atomic mass is 35.5. The van der Waals surface area contributed by atoms with Crippen LogP contribution < -0.4 is 5.32 Å². The fraction of sp³-hybridized carbons (Fsp3) is 0.235. The number of nitrogens with one attached hydrogen (secondary N) is 1. The molecule has 0 bridgehead atoms. The Balaban J connectivity index is 1.93. The third-order valence-electron chi connectivity index (χ3n) is 3.43. The van der Waals surface area contributed by atoms with Crippen LogP contribution in [-0.4, -0.2) is 23.9 Å². The first-order valence-corrected chi connectivity index (χ1v) is 7.24. The smallest absolute Gasteiger partial charge is 0.241 e. The first-order chi connectivity index (χ1) is 10.1. The van der Waals surface area contributed by atoms with E-state index in [1.165, 1.54) is 5.56 Å². The second-order valence-electron chi connectivity index (χ2n) is 5.07. The summed E-state index contributed by atoms with van der Waals surface area (Å²) in [5.74, 6) is -0.0317. The molecule has 110 valence electrons. The maximum absolute atomic E-state index is 12.2. The molecule has 3 nitrogen and oxygen atoms in total. The van der Waals surface area contributed by atoms with E-state index in [-0.39, 0.29) is 11.9 Å². The lowest BCUT2D eigenvalue weighted by molar-refractivity contribution is -0.120. The monoisotopic (exact) mass is 302 g/mol. The van der Waals surface area contributed by atoms with E-state index in [0.717, 1.165) is 12.2 Å². The third kappa shape index (κ3) is 4.59. The average molecular weight is 303 g/mol. The van der Waals surface area contributed by atoms with Gasteiger partial charge in [-0.25, -0.2) is 0 Å². The predicted octanol–water partition coefficient (Wildman–Crippen LogP) is 3.80. The zero-order chi connectivity index (χ0) is 15.2. The van der Waals surface area contributed by atoms with Gasteiger partial charge in [-0.3, -0.25) is 9.69 Å². The summed E-state index contributed by atoms with van der Waals surface area (Å²) in [7, 11) is 1.94. The summed E-state index contributed by atoms with van der Waals surface area (Å²) in [5.41, 5.74) is 1.94. The van der Waals surface area contributed by atoms with Crippen molar-refractivity contribution >= 4 is 23.2 Å². The number of carbonyl (C=O) groups excluding carboxylic acids is 1. The highest BCUT2D eigenvalue weighted by molar-refractivity contribution is 6.30. The van der Waals surface area contributed by atoms with Gasteiger partial charge in [0.25, 0.3) is 0 Å². The fourth-order valence-electron chi connectivity index (χ4n) is 1.99. The van der Waals surface area contributed by atoms with Gasteiger partial charge in [0, 0.05) is 17.3 Å². The highest BCUT2D eigenvalue weighted by Gasteiger charge is 2.18. The van der Waals surface area contributed by atoms with Crippen molar-refractivity contribution < 1.29 is 4.79 Å². The summed E-state index contributed by atoms with van der Waals surface area (Å²) in [6, 6.07) is 17.0. The van der Waals surface area contributed by atoms with Gasteiger partial charge in [-0.15, -0.1) is 0 Å². The lowest BCUT2D eigenvalue weighted by atomic mass is 10.2. The van der Waals surface area contributed by atoms with Crippen LogP contribution in [-0.2, 0) is 11.3 Å². The van der Waals surface area contributed by atoms with E-state index in [0.29, 0.717) is 5.02 Å². The van der Waals surface area contributed by atoms with Gasteiger partial charge in [0.05, 0.1) is 6.04 Å². The van der Waals surface area contributed by atoms with Crippen molar-refractivity contribution in [1.29, 1.82) is 0 Å². The largest absolute Gasteiger partial charge is 0.325 e. The molecule has 0 aliphatic heterocycles. The van der Waals surface area contributed by atoms with Gasteiger partial charge in [-0.2, -0.15) is 0 Å². The Morgan fingerprint density at radius 1 is 1.14 bits per heavy atom. The Bertz CT molecular complexity index is 583. The van der Waals surface area contributed by atoms with Gasteiger partial charge in [-0.05, 0) is 43.8 Å². The molecular weight excluding hydrogens is 284 g/mol. The summed E-state index contributed by atoms with van der Waals surface area (Å²) >= 11 is 5.83. The molecule has 1 N–H and O–H groups in total. The van der Waals surface area contributed by atoms with Crippen LogP contribution in [0.5, 0.6) is 0 Å². The number of anilines is 1. The number of halogens is 1. The second kappa shape index (κ2) is 7.25. The van der Waals surface area contributed by atoms with Crippen LogP contribution in [0.1, 0.15) is 12.5 Å². The van der Waals surface area contributed by atoms with Gasteiger partial charge < -0.3 is 5.32 Å². The molecule has 0 saturated carbocycles. The molecular formula is C17H19ClN2O. The van der Waals surface area contributed by atoms with Crippen LogP contribution in [0.2, 0.25) is 5.02 Å². The number of hydrogen-bond acceptors (Lipinski definition) is 2. The second-order valence-corrected chi connectivity index (χ2v) is 5.51. The maximum Gasteiger partial charge on any atom is 0.241 e. The minimum Gasteiger partial charge on any atom is -0.325 e. The fourth-order valence-corrected chi connectivity index (χ4v) is 2.11. The number of carbonyl (C=O) groups is 1. The predicted molar refractivity (Wildman–Crippen MR) is 87.5 cm³/mol. The van der Waals surface area contributed by atoms with Crippen LogP contribution in [0.3, 0.4) is 0 Å². The quantitative estimate of drug-likeness (QED) is 0.911. The highest BCUT2D eigenvalue weighted by Crippen LogP contribution is 2.14. The molecule has 1 amide bonds. The number of nitrogens with zero attached hydrogens (tertiary/aromatic N) is 1. The van der Waals surface area contributed by atoms with E-state index in [9.17, 15) is 4.79 Å². The molecule has 2 rings (SSSR count). The number of benzene rings is 2. The van der Waals surface area contributed by atoms with Crippen LogP contribution in [0.4, 0.5) is 5.69 Å². The summed E-state index contributed by atoms with van der Waals surface area (Å²) < 4.78 is 0. The zero-order valence-corrected chi connectivity index (χ0v) is 13.0. The topological polar surface area (TPSA) is 32.3 Å². The Morgan fingerprint density at radius 2 is 1.76 bits per heavy atom. The number of rotatable bonds is 5. The van der Waals surface area contributed by atoms with Crippen LogP contribution in [0.15, 0.2) is 54.6 Å².